The molecule has 0 heterocycles. The van der Waals surface area contributed by atoms with Crippen LogP contribution in [0.3, 0.4) is 0 Å². The Labute approximate surface area is 195 Å². The van der Waals surface area contributed by atoms with Crippen LogP contribution in [0.5, 0.6) is 0 Å². The van der Waals surface area contributed by atoms with E-state index < -0.39 is 28.3 Å². The predicted molar refractivity (Wildman–Crippen MR) is 123 cm³/mol. The van der Waals surface area contributed by atoms with E-state index in [9.17, 15) is 17.6 Å². The highest BCUT2D eigenvalue weighted by Crippen LogP contribution is 2.20. The maximum absolute atomic E-state index is 13.8. The molecule has 1 N–H and O–H groups in total. The number of carbonyl (C=O) groups is 1. The molecule has 3 rings (SSSR count). The van der Waals surface area contributed by atoms with E-state index in [1.165, 1.54) is 42.5 Å². The lowest BCUT2D eigenvalue weighted by atomic mass is 10.2. The highest BCUT2D eigenvalue weighted by Gasteiger charge is 2.27. The minimum atomic E-state index is -4.02. The van der Waals surface area contributed by atoms with Crippen LogP contribution in [0, 0.1) is 5.82 Å². The van der Waals surface area contributed by atoms with Crippen molar-refractivity contribution in [2.24, 2.45) is 5.10 Å². The molecule has 0 fully saturated rings. The van der Waals surface area contributed by atoms with Gasteiger partial charge in [-0.1, -0.05) is 59.6 Å². The zero-order valence-electron chi connectivity index (χ0n) is 16.6. The molecule has 32 heavy (non-hydrogen) atoms. The largest absolute Gasteiger partial charge is 0.272 e. The highest BCUT2D eigenvalue weighted by atomic mass is 35.5. The molecular formula is C22H18Cl2FN3O3S. The summed E-state index contributed by atoms with van der Waals surface area (Å²) >= 11 is 11.8. The smallest absolute Gasteiger partial charge is 0.255 e. The van der Waals surface area contributed by atoms with Crippen molar-refractivity contribution < 1.29 is 17.6 Å². The summed E-state index contributed by atoms with van der Waals surface area (Å²) in [6, 6.07) is 18.6. The molecule has 0 bridgehead atoms. The van der Waals surface area contributed by atoms with Gasteiger partial charge in [-0.25, -0.2) is 18.2 Å². The molecule has 0 saturated carbocycles. The molecule has 166 valence electrons. The number of nitrogens with zero attached hydrogens (tertiary/aromatic N) is 2. The Hall–Kier alpha value is -2.78. The molecule has 6 nitrogen and oxygen atoms in total. The summed E-state index contributed by atoms with van der Waals surface area (Å²) in [4.78, 5) is 12.4. The summed E-state index contributed by atoms with van der Waals surface area (Å²) in [5, 5.41) is 4.21. The quantitative estimate of drug-likeness (QED) is 0.371. The normalized spacial score (nSPS) is 11.8. The first kappa shape index (κ1) is 23.9. The second kappa shape index (κ2) is 10.7. The lowest BCUT2D eigenvalue weighted by molar-refractivity contribution is -0.121. The predicted octanol–water partition coefficient (Wildman–Crippen LogP) is 4.47. The zero-order valence-corrected chi connectivity index (χ0v) is 18.9. The fourth-order valence-corrected chi connectivity index (χ4v) is 4.49. The van der Waals surface area contributed by atoms with E-state index in [0.29, 0.717) is 10.6 Å². The number of nitrogens with one attached hydrogen (secondary N) is 1. The summed E-state index contributed by atoms with van der Waals surface area (Å²) < 4.78 is 41.2. The Kier molecular flexibility index (Phi) is 7.98. The van der Waals surface area contributed by atoms with Gasteiger partial charge in [-0.15, -0.1) is 0 Å². The molecule has 0 spiro atoms. The van der Waals surface area contributed by atoms with Crippen molar-refractivity contribution in [2.75, 3.05) is 6.54 Å². The highest BCUT2D eigenvalue weighted by molar-refractivity contribution is 7.89. The number of amides is 1. The van der Waals surface area contributed by atoms with Gasteiger partial charge in [0, 0.05) is 17.1 Å². The molecule has 0 saturated heterocycles. The van der Waals surface area contributed by atoms with Crippen molar-refractivity contribution in [3.63, 3.8) is 0 Å². The number of halogens is 3. The van der Waals surface area contributed by atoms with E-state index >= 15 is 0 Å². The standard InChI is InChI=1S/C22H18Cl2FN3O3S/c23-17-9-11-18(12-10-17)32(30,31)28(14-16-5-2-1-3-6-16)15-22(29)27-26-13-19-20(24)7-4-8-21(19)25/h1-13H,14-15H2,(H,27,29)/b26-13-. The molecule has 3 aromatic carbocycles. The van der Waals surface area contributed by atoms with Crippen molar-refractivity contribution in [3.05, 3.63) is 99.8 Å². The molecule has 0 aliphatic heterocycles. The Bertz CT molecular complexity index is 1200. The molecule has 0 unspecified atom stereocenters. The molecule has 0 atom stereocenters. The molecule has 0 aliphatic carbocycles. The van der Waals surface area contributed by atoms with Crippen molar-refractivity contribution >= 4 is 45.3 Å². The molecule has 0 radical (unpaired) electrons. The number of carbonyl (C=O) groups excluding carboxylic acids is 1. The number of rotatable bonds is 8. The lowest BCUT2D eigenvalue weighted by Gasteiger charge is -2.21. The van der Waals surface area contributed by atoms with E-state index in [1.54, 1.807) is 30.3 Å². The number of benzene rings is 3. The minimum absolute atomic E-state index is 0.00407. The summed E-state index contributed by atoms with van der Waals surface area (Å²) in [7, 11) is -4.02. The van der Waals surface area contributed by atoms with E-state index in [4.69, 9.17) is 23.2 Å². The molecule has 10 heteroatoms. The van der Waals surface area contributed by atoms with Gasteiger partial charge in [-0.3, -0.25) is 4.79 Å². The van der Waals surface area contributed by atoms with Gasteiger partial charge in [0.25, 0.3) is 5.91 Å². The monoisotopic (exact) mass is 493 g/mol. The summed E-state index contributed by atoms with van der Waals surface area (Å²) in [5.41, 5.74) is 2.91. The average Bonchev–Trinajstić information content (AvgIpc) is 2.76. The van der Waals surface area contributed by atoms with Crippen molar-refractivity contribution in [1.82, 2.24) is 9.73 Å². The number of sulfonamides is 1. The molecule has 1 amide bonds. The third kappa shape index (κ3) is 6.14. The first-order chi connectivity index (χ1) is 15.3. The number of hydrazone groups is 1. The van der Waals surface area contributed by atoms with Crippen LogP contribution in [0.1, 0.15) is 11.1 Å². The first-order valence-corrected chi connectivity index (χ1v) is 11.5. The molecule has 3 aromatic rings. The van der Waals surface area contributed by atoms with Gasteiger partial charge in [-0.05, 0) is 42.0 Å². The van der Waals surface area contributed by atoms with Gasteiger partial charge in [0.15, 0.2) is 0 Å². The van der Waals surface area contributed by atoms with E-state index in [-0.39, 0.29) is 22.0 Å². The average molecular weight is 494 g/mol. The lowest BCUT2D eigenvalue weighted by Crippen LogP contribution is -2.39. The van der Waals surface area contributed by atoms with Crippen LogP contribution in [0.15, 0.2) is 82.8 Å². The fourth-order valence-electron chi connectivity index (χ4n) is 2.77. The third-order valence-electron chi connectivity index (χ3n) is 4.36. The van der Waals surface area contributed by atoms with Crippen LogP contribution in [0.4, 0.5) is 4.39 Å². The van der Waals surface area contributed by atoms with Gasteiger partial charge >= 0.3 is 0 Å². The first-order valence-electron chi connectivity index (χ1n) is 9.33. The Morgan fingerprint density at radius 2 is 1.69 bits per heavy atom. The third-order valence-corrected chi connectivity index (χ3v) is 6.74. The van der Waals surface area contributed by atoms with E-state index in [2.05, 4.69) is 10.5 Å². The maximum atomic E-state index is 13.8. The maximum Gasteiger partial charge on any atom is 0.255 e. The van der Waals surface area contributed by atoms with Crippen molar-refractivity contribution in [3.8, 4) is 0 Å². The van der Waals surface area contributed by atoms with Crippen LogP contribution in [0.25, 0.3) is 0 Å². The summed E-state index contributed by atoms with van der Waals surface area (Å²) in [6.45, 7) is -0.551. The van der Waals surface area contributed by atoms with Gasteiger partial charge < -0.3 is 0 Å². The topological polar surface area (TPSA) is 78.8 Å². The van der Waals surface area contributed by atoms with Crippen LogP contribution < -0.4 is 5.43 Å². The second-order valence-electron chi connectivity index (χ2n) is 6.64. The van der Waals surface area contributed by atoms with Gasteiger partial charge in [-0.2, -0.15) is 9.41 Å². The van der Waals surface area contributed by atoms with Gasteiger partial charge in [0.05, 0.1) is 22.7 Å². The van der Waals surface area contributed by atoms with Crippen LogP contribution in [-0.4, -0.2) is 31.4 Å². The number of hydrogen-bond acceptors (Lipinski definition) is 4. The summed E-state index contributed by atoms with van der Waals surface area (Å²) in [5.74, 6) is -1.31. The zero-order chi connectivity index (χ0) is 23.1. The Morgan fingerprint density at radius 3 is 2.34 bits per heavy atom. The Balaban J connectivity index is 1.79. The van der Waals surface area contributed by atoms with E-state index in [1.807, 2.05) is 0 Å². The van der Waals surface area contributed by atoms with Crippen molar-refractivity contribution in [1.29, 1.82) is 0 Å². The minimum Gasteiger partial charge on any atom is -0.272 e. The molecule has 0 aliphatic rings. The molecule has 0 aromatic heterocycles. The van der Waals surface area contributed by atoms with Gasteiger partial charge in [0.2, 0.25) is 10.0 Å². The number of hydrogen-bond donors (Lipinski definition) is 1. The van der Waals surface area contributed by atoms with E-state index in [0.717, 1.165) is 10.5 Å². The summed E-state index contributed by atoms with van der Waals surface area (Å²) in [6.07, 6.45) is 1.06. The van der Waals surface area contributed by atoms with Gasteiger partial charge in [0.1, 0.15) is 5.82 Å². The molecular weight excluding hydrogens is 476 g/mol. The van der Waals surface area contributed by atoms with Crippen LogP contribution >= 0.6 is 23.2 Å². The Morgan fingerprint density at radius 1 is 1.00 bits per heavy atom. The van der Waals surface area contributed by atoms with Crippen LogP contribution in [-0.2, 0) is 21.4 Å². The van der Waals surface area contributed by atoms with Crippen molar-refractivity contribution in [2.45, 2.75) is 11.4 Å². The second-order valence-corrected chi connectivity index (χ2v) is 9.42. The van der Waals surface area contributed by atoms with Crippen LogP contribution in [0.2, 0.25) is 10.0 Å². The fraction of sp³-hybridized carbons (Fsp3) is 0.0909. The SMILES string of the molecule is O=C(CN(Cc1ccccc1)S(=O)(=O)c1ccc(Cl)cc1)N/N=C\c1c(F)cccc1Cl.